The number of nitrogens with zero attached hydrogens (tertiary/aromatic N) is 2. The molecular formula is C13H25N3. The molecule has 0 amide bonds. The second-order valence-electron chi connectivity index (χ2n) is 5.88. The van der Waals surface area contributed by atoms with Crippen molar-refractivity contribution in [2.45, 2.75) is 59.7 Å². The minimum Gasteiger partial charge on any atom is -0.310 e. The maximum Gasteiger partial charge on any atom is 0.0543 e. The third-order valence-corrected chi connectivity index (χ3v) is 2.95. The Hall–Kier alpha value is -0.830. The topological polar surface area (TPSA) is 29.9 Å². The van der Waals surface area contributed by atoms with Gasteiger partial charge >= 0.3 is 0 Å². The molecular weight excluding hydrogens is 198 g/mol. The van der Waals surface area contributed by atoms with Crippen LogP contribution in [0, 0.1) is 5.92 Å². The van der Waals surface area contributed by atoms with Crippen molar-refractivity contribution in [3.63, 3.8) is 0 Å². The highest BCUT2D eigenvalue weighted by molar-refractivity contribution is 5.05. The van der Waals surface area contributed by atoms with Crippen LogP contribution in [-0.2, 0) is 12.1 Å². The highest BCUT2D eigenvalue weighted by Crippen LogP contribution is 2.13. The predicted octanol–water partition coefficient (Wildman–Crippen LogP) is 2.77. The Morgan fingerprint density at radius 3 is 2.38 bits per heavy atom. The molecule has 0 aliphatic carbocycles. The molecule has 0 aromatic carbocycles. The monoisotopic (exact) mass is 223 g/mol. The molecule has 1 atom stereocenters. The molecule has 16 heavy (non-hydrogen) atoms. The zero-order valence-corrected chi connectivity index (χ0v) is 11.4. The van der Waals surface area contributed by atoms with Crippen LogP contribution in [0.25, 0.3) is 0 Å². The molecule has 3 heteroatoms. The van der Waals surface area contributed by atoms with Gasteiger partial charge < -0.3 is 5.32 Å². The first-order valence-corrected chi connectivity index (χ1v) is 6.08. The van der Waals surface area contributed by atoms with E-state index in [4.69, 9.17) is 0 Å². The largest absolute Gasteiger partial charge is 0.310 e. The lowest BCUT2D eigenvalue weighted by Crippen LogP contribution is -2.30. The van der Waals surface area contributed by atoms with Crippen molar-refractivity contribution in [2.24, 2.45) is 5.92 Å². The molecule has 0 spiro atoms. The molecule has 0 aliphatic rings. The zero-order chi connectivity index (χ0) is 12.3. The van der Waals surface area contributed by atoms with E-state index in [9.17, 15) is 0 Å². The van der Waals surface area contributed by atoms with Gasteiger partial charge in [-0.3, -0.25) is 4.68 Å². The normalized spacial score (nSPS) is 14.4. The smallest absolute Gasteiger partial charge is 0.0543 e. The Bertz CT molecular complexity index is 320. The van der Waals surface area contributed by atoms with Crippen molar-refractivity contribution in [3.05, 3.63) is 18.0 Å². The molecule has 3 nitrogen and oxygen atoms in total. The lowest BCUT2D eigenvalue weighted by molar-refractivity contribution is 0.355. The summed E-state index contributed by atoms with van der Waals surface area (Å²) >= 11 is 0. The minimum absolute atomic E-state index is 0.0713. The first-order chi connectivity index (χ1) is 7.30. The van der Waals surface area contributed by atoms with Gasteiger partial charge in [0.15, 0.2) is 0 Å². The standard InChI is InChI=1S/C13H25N3/c1-10(2)11(3)14-7-12-8-15-16(9-12)13(4,5)6/h8-11,14H,7H2,1-6H3. The van der Waals surface area contributed by atoms with E-state index in [0.29, 0.717) is 12.0 Å². The van der Waals surface area contributed by atoms with Crippen LogP contribution in [-0.4, -0.2) is 15.8 Å². The van der Waals surface area contributed by atoms with Crippen molar-refractivity contribution in [1.82, 2.24) is 15.1 Å². The number of nitrogens with one attached hydrogen (secondary N) is 1. The van der Waals surface area contributed by atoms with Crippen LogP contribution in [0.3, 0.4) is 0 Å². The number of hydrogen-bond acceptors (Lipinski definition) is 2. The number of aromatic nitrogens is 2. The average molecular weight is 223 g/mol. The molecule has 1 rings (SSSR count). The highest BCUT2D eigenvalue weighted by Gasteiger charge is 2.14. The summed E-state index contributed by atoms with van der Waals surface area (Å²) in [5.74, 6) is 0.665. The second kappa shape index (κ2) is 5.00. The van der Waals surface area contributed by atoms with Crippen LogP contribution in [0.2, 0.25) is 0 Å². The van der Waals surface area contributed by atoms with Crippen LogP contribution in [0.5, 0.6) is 0 Å². The van der Waals surface area contributed by atoms with E-state index < -0.39 is 0 Å². The van der Waals surface area contributed by atoms with E-state index in [2.05, 4.69) is 58.2 Å². The van der Waals surface area contributed by atoms with Crippen LogP contribution < -0.4 is 5.32 Å². The van der Waals surface area contributed by atoms with Crippen LogP contribution in [0.4, 0.5) is 0 Å². The summed E-state index contributed by atoms with van der Waals surface area (Å²) < 4.78 is 2.02. The van der Waals surface area contributed by atoms with Gasteiger partial charge in [-0.25, -0.2) is 0 Å². The van der Waals surface area contributed by atoms with Gasteiger partial charge in [-0.15, -0.1) is 0 Å². The van der Waals surface area contributed by atoms with E-state index in [1.54, 1.807) is 0 Å². The fraction of sp³-hybridized carbons (Fsp3) is 0.769. The van der Waals surface area contributed by atoms with Gasteiger partial charge in [0.2, 0.25) is 0 Å². The van der Waals surface area contributed by atoms with E-state index >= 15 is 0 Å². The molecule has 1 unspecified atom stereocenters. The summed E-state index contributed by atoms with van der Waals surface area (Å²) in [4.78, 5) is 0. The average Bonchev–Trinajstić information content (AvgIpc) is 2.61. The van der Waals surface area contributed by atoms with Gasteiger partial charge in [-0.05, 0) is 33.6 Å². The van der Waals surface area contributed by atoms with Gasteiger partial charge in [-0.1, -0.05) is 13.8 Å². The lowest BCUT2D eigenvalue weighted by Gasteiger charge is -2.19. The molecule has 1 aromatic heterocycles. The predicted molar refractivity (Wildman–Crippen MR) is 68.4 cm³/mol. The van der Waals surface area contributed by atoms with Crippen molar-refractivity contribution in [3.8, 4) is 0 Å². The van der Waals surface area contributed by atoms with Crippen LogP contribution in [0.15, 0.2) is 12.4 Å². The first kappa shape index (κ1) is 13.2. The summed E-state index contributed by atoms with van der Waals surface area (Å²) in [7, 11) is 0. The summed E-state index contributed by atoms with van der Waals surface area (Å²) in [5.41, 5.74) is 1.32. The van der Waals surface area contributed by atoms with Gasteiger partial charge in [-0.2, -0.15) is 5.10 Å². The van der Waals surface area contributed by atoms with Gasteiger partial charge in [0.05, 0.1) is 11.7 Å². The molecule has 0 saturated heterocycles. The molecule has 0 bridgehead atoms. The third-order valence-electron chi connectivity index (χ3n) is 2.95. The Morgan fingerprint density at radius 2 is 1.94 bits per heavy atom. The fourth-order valence-corrected chi connectivity index (χ4v) is 1.33. The van der Waals surface area contributed by atoms with Crippen LogP contribution >= 0.6 is 0 Å². The first-order valence-electron chi connectivity index (χ1n) is 6.08. The molecule has 92 valence electrons. The summed E-state index contributed by atoms with van der Waals surface area (Å²) in [5, 5.41) is 7.90. The molecule has 0 saturated carbocycles. The molecule has 1 N–H and O–H groups in total. The molecule has 1 heterocycles. The van der Waals surface area contributed by atoms with E-state index in [0.717, 1.165) is 6.54 Å². The summed E-state index contributed by atoms with van der Waals surface area (Å²) in [6.07, 6.45) is 4.07. The van der Waals surface area contributed by atoms with Gasteiger partial charge in [0.1, 0.15) is 0 Å². The van der Waals surface area contributed by atoms with Gasteiger partial charge in [0.25, 0.3) is 0 Å². The Morgan fingerprint density at radius 1 is 1.31 bits per heavy atom. The Labute approximate surface area is 99.2 Å². The van der Waals surface area contributed by atoms with E-state index in [-0.39, 0.29) is 5.54 Å². The number of hydrogen-bond donors (Lipinski definition) is 1. The molecule has 0 fully saturated rings. The molecule has 0 aliphatic heterocycles. The van der Waals surface area contributed by atoms with Crippen molar-refractivity contribution < 1.29 is 0 Å². The quantitative estimate of drug-likeness (QED) is 0.850. The lowest BCUT2D eigenvalue weighted by atomic mass is 10.1. The third kappa shape index (κ3) is 3.63. The van der Waals surface area contributed by atoms with E-state index in [1.165, 1.54) is 5.56 Å². The van der Waals surface area contributed by atoms with Crippen LogP contribution in [0.1, 0.15) is 47.1 Å². The van der Waals surface area contributed by atoms with Crippen molar-refractivity contribution in [1.29, 1.82) is 0 Å². The summed E-state index contributed by atoms with van der Waals surface area (Å²) in [6.45, 7) is 14.1. The summed E-state index contributed by atoms with van der Waals surface area (Å²) in [6, 6.07) is 0.540. The minimum atomic E-state index is 0.0713. The fourth-order valence-electron chi connectivity index (χ4n) is 1.33. The maximum atomic E-state index is 4.39. The molecule has 1 aromatic rings. The Kier molecular flexibility index (Phi) is 4.14. The second-order valence-corrected chi connectivity index (χ2v) is 5.88. The van der Waals surface area contributed by atoms with Gasteiger partial charge in [0, 0.05) is 24.3 Å². The molecule has 0 radical (unpaired) electrons. The van der Waals surface area contributed by atoms with E-state index in [1.807, 2.05) is 10.9 Å². The Balaban J connectivity index is 2.53. The zero-order valence-electron chi connectivity index (χ0n) is 11.4. The van der Waals surface area contributed by atoms with Crippen molar-refractivity contribution in [2.75, 3.05) is 0 Å². The SMILES string of the molecule is CC(C)C(C)NCc1cnn(C(C)(C)C)c1. The van der Waals surface area contributed by atoms with Crippen molar-refractivity contribution >= 4 is 0 Å². The highest BCUT2D eigenvalue weighted by atomic mass is 15.3. The maximum absolute atomic E-state index is 4.39. The number of rotatable bonds is 4.